The molecule has 0 saturated heterocycles. The molecular weight excluding hydrogens is 371 g/mol. The summed E-state index contributed by atoms with van der Waals surface area (Å²) in [5.74, 6) is 0.0425. The Kier molecular flexibility index (Phi) is 6.52. The van der Waals surface area contributed by atoms with Gasteiger partial charge in [-0.25, -0.2) is 4.39 Å². The van der Waals surface area contributed by atoms with Gasteiger partial charge in [-0.15, -0.1) is 0 Å². The molecule has 29 heavy (non-hydrogen) atoms. The van der Waals surface area contributed by atoms with Gasteiger partial charge in [0.1, 0.15) is 11.6 Å². The van der Waals surface area contributed by atoms with Gasteiger partial charge in [-0.2, -0.15) is 0 Å². The molecule has 0 saturated carbocycles. The third kappa shape index (κ3) is 4.94. The van der Waals surface area contributed by atoms with Gasteiger partial charge in [0.25, 0.3) is 5.91 Å². The van der Waals surface area contributed by atoms with E-state index in [4.69, 9.17) is 4.74 Å². The fourth-order valence-electron chi connectivity index (χ4n) is 3.70. The molecule has 154 valence electrons. The number of halogens is 1. The summed E-state index contributed by atoms with van der Waals surface area (Å²) >= 11 is 0. The van der Waals surface area contributed by atoms with E-state index >= 15 is 0 Å². The first-order valence-corrected chi connectivity index (χ1v) is 9.99. The first-order chi connectivity index (χ1) is 13.9. The monoisotopic (exact) mass is 398 g/mol. The van der Waals surface area contributed by atoms with Crippen molar-refractivity contribution >= 4 is 11.8 Å². The molecule has 2 amide bonds. The van der Waals surface area contributed by atoms with E-state index in [0.29, 0.717) is 18.7 Å². The topological polar surface area (TPSA) is 58.6 Å². The molecule has 1 aliphatic heterocycles. The van der Waals surface area contributed by atoms with Crippen LogP contribution in [-0.4, -0.2) is 35.9 Å². The van der Waals surface area contributed by atoms with Crippen LogP contribution < -0.4 is 10.1 Å². The smallest absolute Gasteiger partial charge is 0.258 e. The first kappa shape index (κ1) is 20.8. The normalized spacial score (nSPS) is 15.8. The zero-order chi connectivity index (χ0) is 21.0. The van der Waals surface area contributed by atoms with Crippen molar-refractivity contribution in [2.45, 2.75) is 45.7 Å². The maximum atomic E-state index is 13.9. The number of fused-ring (bicyclic) bond motifs is 1. The van der Waals surface area contributed by atoms with Crippen molar-refractivity contribution < 1.29 is 18.7 Å². The molecule has 2 aromatic carbocycles. The third-order valence-corrected chi connectivity index (χ3v) is 4.95. The quantitative estimate of drug-likeness (QED) is 0.809. The summed E-state index contributed by atoms with van der Waals surface area (Å²) < 4.78 is 19.6. The molecule has 1 unspecified atom stereocenters. The first-order valence-electron chi connectivity index (χ1n) is 9.99. The highest BCUT2D eigenvalue weighted by Gasteiger charge is 2.32. The maximum absolute atomic E-state index is 13.9. The number of nitrogens with zero attached hydrogens (tertiary/aromatic N) is 1. The number of rotatable bonds is 6. The molecular formula is C23H27FN2O3. The van der Waals surface area contributed by atoms with Crippen LogP contribution in [0.4, 0.5) is 4.39 Å². The Labute approximate surface area is 170 Å². The van der Waals surface area contributed by atoms with Crippen LogP contribution in [0.25, 0.3) is 0 Å². The average molecular weight is 398 g/mol. The minimum atomic E-state index is -0.380. The summed E-state index contributed by atoms with van der Waals surface area (Å²) in [6.45, 7) is 6.10. The van der Waals surface area contributed by atoms with Crippen LogP contribution in [0, 0.1) is 5.82 Å². The van der Waals surface area contributed by atoms with Gasteiger partial charge in [-0.1, -0.05) is 25.1 Å². The molecule has 0 fully saturated rings. The molecule has 6 heteroatoms. The molecule has 1 aliphatic rings. The van der Waals surface area contributed by atoms with Gasteiger partial charge in [0.15, 0.2) is 6.61 Å². The van der Waals surface area contributed by atoms with Gasteiger partial charge in [0, 0.05) is 19.0 Å². The summed E-state index contributed by atoms with van der Waals surface area (Å²) in [7, 11) is 0. The van der Waals surface area contributed by atoms with Crippen LogP contribution in [0.2, 0.25) is 0 Å². The number of ether oxygens (including phenoxy) is 1. The van der Waals surface area contributed by atoms with Crippen molar-refractivity contribution in [3.8, 4) is 5.75 Å². The van der Waals surface area contributed by atoms with Crippen LogP contribution in [0.5, 0.6) is 5.75 Å². The van der Waals surface area contributed by atoms with Gasteiger partial charge in [-0.3, -0.25) is 9.59 Å². The Morgan fingerprint density at radius 2 is 2.03 bits per heavy atom. The van der Waals surface area contributed by atoms with Crippen molar-refractivity contribution in [2.75, 3.05) is 13.2 Å². The summed E-state index contributed by atoms with van der Waals surface area (Å²) in [6, 6.07) is 11.7. The second kappa shape index (κ2) is 9.07. The lowest BCUT2D eigenvalue weighted by molar-refractivity contribution is -0.133. The zero-order valence-corrected chi connectivity index (χ0v) is 17.1. The number of carbonyl (C=O) groups is 2. The van der Waals surface area contributed by atoms with E-state index in [1.807, 2.05) is 45.0 Å². The Morgan fingerprint density at radius 1 is 1.24 bits per heavy atom. The van der Waals surface area contributed by atoms with Crippen LogP contribution in [0.3, 0.4) is 0 Å². The Hall–Kier alpha value is -2.89. The minimum Gasteiger partial charge on any atom is -0.484 e. The minimum absolute atomic E-state index is 0.0209. The lowest BCUT2D eigenvalue weighted by Gasteiger charge is -2.38. The molecule has 0 bridgehead atoms. The van der Waals surface area contributed by atoms with Crippen molar-refractivity contribution in [3.63, 3.8) is 0 Å². The number of hydrogen-bond donors (Lipinski definition) is 1. The second-order valence-corrected chi connectivity index (χ2v) is 7.52. The number of hydrogen-bond acceptors (Lipinski definition) is 3. The Balaban J connectivity index is 1.93. The summed E-state index contributed by atoms with van der Waals surface area (Å²) in [5, 5.41) is 2.79. The van der Waals surface area contributed by atoms with E-state index < -0.39 is 0 Å². The van der Waals surface area contributed by atoms with Crippen molar-refractivity contribution in [3.05, 3.63) is 65.0 Å². The molecule has 1 heterocycles. The predicted octanol–water partition coefficient (Wildman–Crippen LogP) is 3.61. The second-order valence-electron chi connectivity index (χ2n) is 7.52. The number of nitrogens with one attached hydrogen (secondary N) is 1. The molecule has 0 aromatic heterocycles. The van der Waals surface area contributed by atoms with E-state index in [2.05, 4.69) is 5.32 Å². The average Bonchev–Trinajstić information content (AvgIpc) is 2.70. The van der Waals surface area contributed by atoms with E-state index in [1.54, 1.807) is 11.0 Å². The molecule has 5 nitrogen and oxygen atoms in total. The third-order valence-electron chi connectivity index (χ3n) is 4.95. The Bertz CT molecular complexity index is 897. The van der Waals surface area contributed by atoms with Crippen LogP contribution in [-0.2, 0) is 16.0 Å². The van der Waals surface area contributed by atoms with Gasteiger partial charge in [-0.05, 0) is 61.2 Å². The molecule has 0 radical (unpaired) electrons. The van der Waals surface area contributed by atoms with Gasteiger partial charge < -0.3 is 15.0 Å². The summed E-state index contributed by atoms with van der Waals surface area (Å²) in [4.78, 5) is 26.3. The fraction of sp³-hybridized carbons (Fsp3) is 0.391. The molecule has 0 spiro atoms. The molecule has 0 aliphatic carbocycles. The molecule has 1 N–H and O–H groups in total. The summed E-state index contributed by atoms with van der Waals surface area (Å²) in [6.07, 6.45) is 1.10. The van der Waals surface area contributed by atoms with Gasteiger partial charge in [0.05, 0.1) is 6.04 Å². The van der Waals surface area contributed by atoms with E-state index in [1.165, 1.54) is 12.1 Å². The van der Waals surface area contributed by atoms with Crippen LogP contribution in [0.1, 0.15) is 49.9 Å². The summed E-state index contributed by atoms with van der Waals surface area (Å²) in [5.41, 5.74) is 2.73. The SMILES string of the molecule is CCC(=O)N1CCc2ccc(OCC(=O)NC(C)C)cc2C1c1cccc(F)c1. The maximum Gasteiger partial charge on any atom is 0.258 e. The van der Waals surface area contributed by atoms with Crippen LogP contribution in [0.15, 0.2) is 42.5 Å². The lowest BCUT2D eigenvalue weighted by atomic mass is 9.87. The standard InChI is InChI=1S/C23H27FN2O3/c1-4-22(28)26-11-10-16-8-9-19(29-14-21(27)25-15(2)3)13-20(16)23(26)17-6-5-7-18(24)12-17/h5-9,12-13,15,23H,4,10-11,14H2,1-3H3,(H,25,27). The largest absolute Gasteiger partial charge is 0.484 e. The fourth-order valence-corrected chi connectivity index (χ4v) is 3.70. The highest BCUT2D eigenvalue weighted by molar-refractivity contribution is 5.78. The number of carbonyl (C=O) groups excluding carboxylic acids is 2. The van der Waals surface area contributed by atoms with Crippen molar-refractivity contribution in [1.82, 2.24) is 10.2 Å². The van der Waals surface area contributed by atoms with Gasteiger partial charge in [0.2, 0.25) is 5.91 Å². The highest BCUT2D eigenvalue weighted by Crippen LogP contribution is 2.37. The number of benzene rings is 2. The van der Waals surface area contributed by atoms with Crippen molar-refractivity contribution in [2.24, 2.45) is 0 Å². The van der Waals surface area contributed by atoms with E-state index in [9.17, 15) is 14.0 Å². The van der Waals surface area contributed by atoms with Crippen molar-refractivity contribution in [1.29, 1.82) is 0 Å². The van der Waals surface area contributed by atoms with Crippen LogP contribution >= 0.6 is 0 Å². The molecule has 3 rings (SSSR count). The van der Waals surface area contributed by atoms with Gasteiger partial charge >= 0.3 is 0 Å². The highest BCUT2D eigenvalue weighted by atomic mass is 19.1. The lowest BCUT2D eigenvalue weighted by Crippen LogP contribution is -2.40. The predicted molar refractivity (Wildman–Crippen MR) is 109 cm³/mol. The van der Waals surface area contributed by atoms with E-state index in [-0.39, 0.29) is 36.3 Å². The van der Waals surface area contributed by atoms with E-state index in [0.717, 1.165) is 23.1 Å². The Morgan fingerprint density at radius 3 is 2.72 bits per heavy atom. The number of amides is 2. The molecule has 1 atom stereocenters. The zero-order valence-electron chi connectivity index (χ0n) is 17.1. The molecule has 2 aromatic rings.